The summed E-state index contributed by atoms with van der Waals surface area (Å²) in [5.41, 5.74) is 0. The molecule has 0 aromatic rings. The maximum atomic E-state index is 11.9. The van der Waals surface area contributed by atoms with Gasteiger partial charge in [-0.25, -0.2) is 4.79 Å². The van der Waals surface area contributed by atoms with Gasteiger partial charge in [0.1, 0.15) is 6.04 Å². The zero-order valence-corrected chi connectivity index (χ0v) is 12.0. The monoisotopic (exact) mass is 269 g/mol. The maximum absolute atomic E-state index is 11.9. The Labute approximate surface area is 116 Å². The highest BCUT2D eigenvalue weighted by Crippen LogP contribution is 2.25. The number of carbonyl (C=O) groups excluding carboxylic acids is 1. The summed E-state index contributed by atoms with van der Waals surface area (Å²) in [5.74, 6) is -0.554. The Morgan fingerprint density at radius 2 is 1.84 bits per heavy atom. The molecule has 1 saturated carbocycles. The molecule has 0 spiro atoms. The molecule has 2 N–H and O–H groups in total. The van der Waals surface area contributed by atoms with Crippen LogP contribution in [0, 0.1) is 5.92 Å². The van der Waals surface area contributed by atoms with Gasteiger partial charge in [0, 0.05) is 6.42 Å². The predicted molar refractivity (Wildman–Crippen MR) is 74.9 cm³/mol. The van der Waals surface area contributed by atoms with E-state index in [2.05, 4.69) is 5.32 Å². The molecule has 0 saturated heterocycles. The molecule has 1 rings (SSSR count). The summed E-state index contributed by atoms with van der Waals surface area (Å²) in [6, 6.07) is -0.710. The number of hydrogen-bond donors (Lipinski definition) is 2. The van der Waals surface area contributed by atoms with Crippen molar-refractivity contribution in [2.45, 2.75) is 77.2 Å². The lowest BCUT2D eigenvalue weighted by atomic mass is 9.96. The molecule has 0 bridgehead atoms. The Morgan fingerprint density at radius 1 is 1.21 bits per heavy atom. The Hall–Kier alpha value is -1.06. The number of aliphatic carboxylic acids is 1. The number of rotatable bonds is 7. The van der Waals surface area contributed by atoms with Gasteiger partial charge in [-0.05, 0) is 25.2 Å². The van der Waals surface area contributed by atoms with Gasteiger partial charge in [-0.15, -0.1) is 0 Å². The van der Waals surface area contributed by atoms with Gasteiger partial charge in [0.2, 0.25) is 5.91 Å². The van der Waals surface area contributed by atoms with Crippen molar-refractivity contribution in [2.75, 3.05) is 0 Å². The van der Waals surface area contributed by atoms with E-state index < -0.39 is 12.0 Å². The van der Waals surface area contributed by atoms with Crippen LogP contribution in [-0.4, -0.2) is 23.0 Å². The highest BCUT2D eigenvalue weighted by atomic mass is 16.4. The molecule has 0 radical (unpaired) electrons. The number of unbranched alkanes of at least 4 members (excludes halogenated alkanes) is 1. The summed E-state index contributed by atoms with van der Waals surface area (Å²) in [5, 5.41) is 11.8. The number of carboxylic acid groups (broad SMARTS) is 1. The number of nitrogens with one attached hydrogen (secondary N) is 1. The van der Waals surface area contributed by atoms with Gasteiger partial charge in [-0.2, -0.15) is 0 Å². The molecule has 0 heterocycles. The minimum atomic E-state index is -0.914. The molecule has 0 aromatic heterocycles. The summed E-state index contributed by atoms with van der Waals surface area (Å²) >= 11 is 0. The molecule has 19 heavy (non-hydrogen) atoms. The fourth-order valence-corrected chi connectivity index (χ4v) is 2.75. The molecule has 110 valence electrons. The zero-order valence-electron chi connectivity index (χ0n) is 12.0. The van der Waals surface area contributed by atoms with E-state index in [0.29, 0.717) is 18.8 Å². The van der Waals surface area contributed by atoms with Crippen LogP contribution in [0.5, 0.6) is 0 Å². The first-order chi connectivity index (χ1) is 9.13. The second-order valence-corrected chi connectivity index (χ2v) is 5.66. The third-order valence-electron chi connectivity index (χ3n) is 3.93. The second-order valence-electron chi connectivity index (χ2n) is 5.66. The van der Waals surface area contributed by atoms with Crippen LogP contribution in [0.1, 0.15) is 71.1 Å². The average molecular weight is 269 g/mol. The number of carbonyl (C=O) groups is 2. The molecular weight excluding hydrogens is 242 g/mol. The minimum Gasteiger partial charge on any atom is -0.480 e. The molecule has 1 aliphatic rings. The first kappa shape index (κ1) is 16.0. The summed E-state index contributed by atoms with van der Waals surface area (Å²) in [6.45, 7) is 2.02. The van der Waals surface area contributed by atoms with Gasteiger partial charge in [0.25, 0.3) is 0 Å². The van der Waals surface area contributed by atoms with E-state index in [0.717, 1.165) is 25.7 Å². The van der Waals surface area contributed by atoms with Crippen LogP contribution in [0.2, 0.25) is 0 Å². The van der Waals surface area contributed by atoms with E-state index in [1.165, 1.54) is 25.7 Å². The molecule has 1 amide bonds. The van der Waals surface area contributed by atoms with Gasteiger partial charge in [0.05, 0.1) is 0 Å². The smallest absolute Gasteiger partial charge is 0.326 e. The molecule has 0 aromatic carbocycles. The quantitative estimate of drug-likeness (QED) is 0.698. The van der Waals surface area contributed by atoms with E-state index in [4.69, 9.17) is 5.11 Å². The van der Waals surface area contributed by atoms with Gasteiger partial charge in [-0.3, -0.25) is 4.79 Å². The van der Waals surface area contributed by atoms with Crippen LogP contribution in [0.25, 0.3) is 0 Å². The van der Waals surface area contributed by atoms with E-state index in [-0.39, 0.29) is 5.91 Å². The average Bonchev–Trinajstić information content (AvgIpc) is 2.62. The van der Waals surface area contributed by atoms with Crippen molar-refractivity contribution in [3.63, 3.8) is 0 Å². The Kier molecular flexibility index (Phi) is 7.53. The van der Waals surface area contributed by atoms with Crippen LogP contribution in [-0.2, 0) is 9.59 Å². The van der Waals surface area contributed by atoms with Crippen molar-refractivity contribution >= 4 is 11.9 Å². The largest absolute Gasteiger partial charge is 0.480 e. The molecule has 4 nitrogen and oxygen atoms in total. The standard InChI is InChI=1S/C15H27NO3/c1-2-3-10-13(15(18)19)16-14(17)11-12-8-6-4-5-7-9-12/h12-13H,2-11H2,1H3,(H,16,17)(H,18,19). The number of hydrogen-bond acceptors (Lipinski definition) is 2. The lowest BCUT2D eigenvalue weighted by Gasteiger charge is -2.17. The van der Waals surface area contributed by atoms with Crippen LogP contribution < -0.4 is 5.32 Å². The van der Waals surface area contributed by atoms with Crippen LogP contribution in [0.4, 0.5) is 0 Å². The summed E-state index contributed by atoms with van der Waals surface area (Å²) < 4.78 is 0. The van der Waals surface area contributed by atoms with Crippen molar-refractivity contribution in [3.05, 3.63) is 0 Å². The van der Waals surface area contributed by atoms with Gasteiger partial charge in [0.15, 0.2) is 0 Å². The molecule has 4 heteroatoms. The fraction of sp³-hybridized carbons (Fsp3) is 0.867. The molecule has 1 unspecified atom stereocenters. The molecule has 0 aliphatic heterocycles. The minimum absolute atomic E-state index is 0.0876. The van der Waals surface area contributed by atoms with E-state index in [9.17, 15) is 9.59 Å². The third-order valence-corrected chi connectivity index (χ3v) is 3.93. The molecule has 1 fully saturated rings. The molecule has 1 atom stereocenters. The molecule has 1 aliphatic carbocycles. The summed E-state index contributed by atoms with van der Waals surface area (Å²) in [6.07, 6.45) is 9.98. The molecular formula is C15H27NO3. The Bertz CT molecular complexity index is 283. The predicted octanol–water partition coefficient (Wildman–Crippen LogP) is 3.11. The van der Waals surface area contributed by atoms with Gasteiger partial charge >= 0.3 is 5.97 Å². The first-order valence-electron chi connectivity index (χ1n) is 7.65. The summed E-state index contributed by atoms with van der Waals surface area (Å²) in [7, 11) is 0. The Balaban J connectivity index is 2.36. The van der Waals surface area contributed by atoms with Crippen LogP contribution >= 0.6 is 0 Å². The second kappa shape index (κ2) is 8.94. The summed E-state index contributed by atoms with van der Waals surface area (Å²) in [4.78, 5) is 23.0. The van der Waals surface area contributed by atoms with Crippen LogP contribution in [0.15, 0.2) is 0 Å². The van der Waals surface area contributed by atoms with Crippen molar-refractivity contribution < 1.29 is 14.7 Å². The number of carboxylic acids is 1. The fourth-order valence-electron chi connectivity index (χ4n) is 2.75. The van der Waals surface area contributed by atoms with E-state index in [1.54, 1.807) is 0 Å². The van der Waals surface area contributed by atoms with Crippen LogP contribution in [0.3, 0.4) is 0 Å². The van der Waals surface area contributed by atoms with Gasteiger partial charge in [-0.1, -0.05) is 45.4 Å². The van der Waals surface area contributed by atoms with E-state index >= 15 is 0 Å². The maximum Gasteiger partial charge on any atom is 0.326 e. The lowest BCUT2D eigenvalue weighted by molar-refractivity contribution is -0.142. The van der Waals surface area contributed by atoms with Crippen molar-refractivity contribution in [1.29, 1.82) is 0 Å². The third kappa shape index (κ3) is 6.60. The first-order valence-corrected chi connectivity index (χ1v) is 7.65. The van der Waals surface area contributed by atoms with Crippen molar-refractivity contribution in [3.8, 4) is 0 Å². The topological polar surface area (TPSA) is 66.4 Å². The highest BCUT2D eigenvalue weighted by Gasteiger charge is 2.21. The van der Waals surface area contributed by atoms with Crippen molar-refractivity contribution in [1.82, 2.24) is 5.32 Å². The number of amides is 1. The highest BCUT2D eigenvalue weighted by molar-refractivity contribution is 5.83. The SMILES string of the molecule is CCCCC(NC(=O)CC1CCCCCC1)C(=O)O. The van der Waals surface area contributed by atoms with Gasteiger partial charge < -0.3 is 10.4 Å². The lowest BCUT2D eigenvalue weighted by Crippen LogP contribution is -2.41. The Morgan fingerprint density at radius 3 is 2.37 bits per heavy atom. The zero-order chi connectivity index (χ0) is 14.1. The van der Waals surface area contributed by atoms with E-state index in [1.807, 2.05) is 6.92 Å². The van der Waals surface area contributed by atoms with Crippen molar-refractivity contribution in [2.24, 2.45) is 5.92 Å². The normalized spacial score (nSPS) is 18.6.